The molecule has 1 aliphatic heterocycles. The SMILES string of the molecule is O=C(CCn1cncn1)N1CCC[C@H]1c1ccsc1. The Labute approximate surface area is 115 Å². The van der Waals surface area contributed by atoms with Gasteiger partial charge in [-0.05, 0) is 35.2 Å². The van der Waals surface area contributed by atoms with Crippen molar-refractivity contribution in [3.8, 4) is 0 Å². The average molecular weight is 276 g/mol. The molecule has 1 atom stereocenters. The summed E-state index contributed by atoms with van der Waals surface area (Å²) in [6, 6.07) is 2.40. The lowest BCUT2D eigenvalue weighted by Crippen LogP contribution is -2.31. The van der Waals surface area contributed by atoms with Gasteiger partial charge in [0.25, 0.3) is 0 Å². The third kappa shape index (κ3) is 2.68. The van der Waals surface area contributed by atoms with Crippen molar-refractivity contribution in [2.45, 2.75) is 31.8 Å². The summed E-state index contributed by atoms with van der Waals surface area (Å²) in [5.74, 6) is 0.212. The molecule has 1 fully saturated rings. The zero-order valence-corrected chi connectivity index (χ0v) is 11.4. The summed E-state index contributed by atoms with van der Waals surface area (Å²) >= 11 is 1.69. The zero-order valence-electron chi connectivity index (χ0n) is 10.6. The van der Waals surface area contributed by atoms with Crippen LogP contribution in [0.2, 0.25) is 0 Å². The van der Waals surface area contributed by atoms with Gasteiger partial charge in [-0.2, -0.15) is 16.4 Å². The monoisotopic (exact) mass is 276 g/mol. The number of thiophene rings is 1. The number of carbonyl (C=O) groups is 1. The van der Waals surface area contributed by atoms with E-state index in [4.69, 9.17) is 0 Å². The predicted molar refractivity (Wildman–Crippen MR) is 72.6 cm³/mol. The van der Waals surface area contributed by atoms with Crippen LogP contribution in [0.5, 0.6) is 0 Å². The van der Waals surface area contributed by atoms with Gasteiger partial charge in [-0.25, -0.2) is 4.98 Å². The van der Waals surface area contributed by atoms with Crippen LogP contribution in [0.1, 0.15) is 30.9 Å². The van der Waals surface area contributed by atoms with Crippen LogP contribution >= 0.6 is 11.3 Å². The Morgan fingerprint density at radius 3 is 3.21 bits per heavy atom. The maximum absolute atomic E-state index is 12.3. The number of amides is 1. The fourth-order valence-electron chi connectivity index (χ4n) is 2.58. The van der Waals surface area contributed by atoms with Crippen molar-refractivity contribution in [1.82, 2.24) is 19.7 Å². The largest absolute Gasteiger partial charge is 0.336 e. The topological polar surface area (TPSA) is 51.0 Å². The maximum Gasteiger partial charge on any atom is 0.224 e. The van der Waals surface area contributed by atoms with Crippen LogP contribution in [0, 0.1) is 0 Å². The highest BCUT2D eigenvalue weighted by atomic mass is 32.1. The minimum atomic E-state index is 0.212. The molecule has 0 N–H and O–H groups in total. The van der Waals surface area contributed by atoms with Gasteiger partial charge in [-0.3, -0.25) is 9.48 Å². The van der Waals surface area contributed by atoms with E-state index in [-0.39, 0.29) is 11.9 Å². The van der Waals surface area contributed by atoms with E-state index in [1.54, 1.807) is 22.3 Å². The lowest BCUT2D eigenvalue weighted by Gasteiger charge is -2.24. The molecule has 0 radical (unpaired) electrons. The summed E-state index contributed by atoms with van der Waals surface area (Å²) in [7, 11) is 0. The molecule has 0 unspecified atom stereocenters. The van der Waals surface area contributed by atoms with Gasteiger partial charge in [-0.1, -0.05) is 0 Å². The number of carbonyl (C=O) groups excluding carboxylic acids is 1. The molecule has 19 heavy (non-hydrogen) atoms. The van der Waals surface area contributed by atoms with Crippen molar-refractivity contribution in [3.63, 3.8) is 0 Å². The standard InChI is InChI=1S/C13H16N4OS/c18-13(3-6-16-10-14-9-15-16)17-5-1-2-12(17)11-4-7-19-8-11/h4,7-10,12H,1-3,5-6H2/t12-/m0/s1. The molecule has 100 valence electrons. The quantitative estimate of drug-likeness (QED) is 0.859. The first-order chi connectivity index (χ1) is 9.34. The molecule has 5 nitrogen and oxygen atoms in total. The summed E-state index contributed by atoms with van der Waals surface area (Å²) in [6.45, 7) is 1.47. The third-order valence-corrected chi connectivity index (χ3v) is 4.22. The first-order valence-corrected chi connectivity index (χ1v) is 7.43. The number of likely N-dealkylation sites (tertiary alicyclic amines) is 1. The molecule has 6 heteroatoms. The molecule has 1 amide bonds. The second kappa shape index (κ2) is 5.52. The van der Waals surface area contributed by atoms with E-state index in [0.29, 0.717) is 13.0 Å². The highest BCUT2D eigenvalue weighted by Crippen LogP contribution is 2.33. The lowest BCUT2D eigenvalue weighted by molar-refractivity contribution is -0.132. The summed E-state index contributed by atoms with van der Waals surface area (Å²) in [6.07, 6.45) is 5.80. The smallest absolute Gasteiger partial charge is 0.224 e. The van der Waals surface area contributed by atoms with E-state index in [0.717, 1.165) is 19.4 Å². The molecular weight excluding hydrogens is 260 g/mol. The van der Waals surface area contributed by atoms with E-state index >= 15 is 0 Å². The first-order valence-electron chi connectivity index (χ1n) is 6.48. The van der Waals surface area contributed by atoms with E-state index in [9.17, 15) is 4.79 Å². The fourth-order valence-corrected chi connectivity index (χ4v) is 3.29. The van der Waals surface area contributed by atoms with Gasteiger partial charge in [0.1, 0.15) is 12.7 Å². The van der Waals surface area contributed by atoms with Crippen LogP contribution < -0.4 is 0 Å². The molecule has 0 saturated carbocycles. The molecule has 2 aromatic rings. The molecular formula is C13H16N4OS. The summed E-state index contributed by atoms with van der Waals surface area (Å²) in [5, 5.41) is 8.24. The van der Waals surface area contributed by atoms with E-state index < -0.39 is 0 Å². The van der Waals surface area contributed by atoms with Crippen molar-refractivity contribution in [2.75, 3.05) is 6.54 Å². The fraction of sp³-hybridized carbons (Fsp3) is 0.462. The molecule has 3 rings (SSSR count). The number of hydrogen-bond acceptors (Lipinski definition) is 4. The summed E-state index contributed by atoms with van der Waals surface area (Å²) < 4.78 is 1.70. The van der Waals surface area contributed by atoms with Crippen molar-refractivity contribution < 1.29 is 4.79 Å². The van der Waals surface area contributed by atoms with Gasteiger partial charge in [0, 0.05) is 13.0 Å². The van der Waals surface area contributed by atoms with E-state index in [1.807, 2.05) is 4.90 Å². The number of aromatic nitrogens is 3. The van der Waals surface area contributed by atoms with Crippen molar-refractivity contribution in [2.24, 2.45) is 0 Å². The minimum Gasteiger partial charge on any atom is -0.336 e. The van der Waals surface area contributed by atoms with Crippen LogP contribution in [0.25, 0.3) is 0 Å². The minimum absolute atomic E-state index is 0.212. The van der Waals surface area contributed by atoms with Crippen LogP contribution in [-0.4, -0.2) is 32.1 Å². The molecule has 0 aromatic carbocycles. The first kappa shape index (κ1) is 12.3. The molecule has 0 bridgehead atoms. The molecule has 1 saturated heterocycles. The Morgan fingerprint density at radius 1 is 1.53 bits per heavy atom. The number of rotatable bonds is 4. The Balaban J connectivity index is 1.62. The van der Waals surface area contributed by atoms with Crippen LogP contribution in [0.3, 0.4) is 0 Å². The normalized spacial score (nSPS) is 18.9. The number of aryl methyl sites for hydroxylation is 1. The van der Waals surface area contributed by atoms with Crippen LogP contribution in [0.15, 0.2) is 29.5 Å². The highest BCUT2D eigenvalue weighted by Gasteiger charge is 2.29. The Bertz CT molecular complexity index is 523. The highest BCUT2D eigenvalue weighted by molar-refractivity contribution is 7.07. The van der Waals surface area contributed by atoms with Crippen molar-refractivity contribution >= 4 is 17.2 Å². The Hall–Kier alpha value is -1.69. The zero-order chi connectivity index (χ0) is 13.1. The van der Waals surface area contributed by atoms with Crippen molar-refractivity contribution in [1.29, 1.82) is 0 Å². The maximum atomic E-state index is 12.3. The summed E-state index contributed by atoms with van der Waals surface area (Å²) in [4.78, 5) is 18.2. The third-order valence-electron chi connectivity index (χ3n) is 3.52. The Morgan fingerprint density at radius 2 is 2.47 bits per heavy atom. The molecule has 0 aliphatic carbocycles. The molecule has 2 aromatic heterocycles. The lowest BCUT2D eigenvalue weighted by atomic mass is 10.1. The Kier molecular flexibility index (Phi) is 3.59. The number of hydrogen-bond donors (Lipinski definition) is 0. The van der Waals surface area contributed by atoms with Gasteiger partial charge in [0.2, 0.25) is 5.91 Å². The molecule has 3 heterocycles. The molecule has 1 aliphatic rings. The second-order valence-corrected chi connectivity index (χ2v) is 5.49. The van der Waals surface area contributed by atoms with Gasteiger partial charge in [-0.15, -0.1) is 0 Å². The van der Waals surface area contributed by atoms with Crippen LogP contribution in [-0.2, 0) is 11.3 Å². The van der Waals surface area contributed by atoms with Gasteiger partial charge >= 0.3 is 0 Å². The van der Waals surface area contributed by atoms with Crippen LogP contribution in [0.4, 0.5) is 0 Å². The molecule has 0 spiro atoms. The predicted octanol–water partition coefficient (Wildman–Crippen LogP) is 2.09. The number of nitrogens with zero attached hydrogens (tertiary/aromatic N) is 4. The van der Waals surface area contributed by atoms with Gasteiger partial charge in [0.05, 0.1) is 12.6 Å². The average Bonchev–Trinajstić information content (AvgIpc) is 3.14. The van der Waals surface area contributed by atoms with Gasteiger partial charge in [0.15, 0.2) is 0 Å². The van der Waals surface area contributed by atoms with Crippen molar-refractivity contribution in [3.05, 3.63) is 35.0 Å². The van der Waals surface area contributed by atoms with E-state index in [1.165, 1.54) is 11.9 Å². The van der Waals surface area contributed by atoms with Gasteiger partial charge < -0.3 is 4.90 Å². The van der Waals surface area contributed by atoms with E-state index in [2.05, 4.69) is 26.9 Å². The summed E-state index contributed by atoms with van der Waals surface area (Å²) in [5.41, 5.74) is 1.27. The second-order valence-electron chi connectivity index (χ2n) is 4.71.